The number of carbonyl (C=O) groups is 1. The van der Waals surface area contributed by atoms with E-state index in [4.69, 9.17) is 9.47 Å². The van der Waals surface area contributed by atoms with Gasteiger partial charge in [-0.05, 0) is 75.4 Å². The number of sulfonamides is 1. The number of methoxy groups -OCH3 is 2. The summed E-state index contributed by atoms with van der Waals surface area (Å²) in [6.07, 6.45) is 1.48. The topological polar surface area (TPSA) is 102 Å². The number of nitrogens with zero attached hydrogens (tertiary/aromatic N) is 3. The van der Waals surface area contributed by atoms with Gasteiger partial charge >= 0.3 is 0 Å². The monoisotopic (exact) mass is 578 g/mol. The lowest BCUT2D eigenvalue weighted by Gasteiger charge is -2.24. The molecule has 0 bridgehead atoms. The molecule has 41 heavy (non-hydrogen) atoms. The summed E-state index contributed by atoms with van der Waals surface area (Å²) in [7, 11) is -1.22. The molecule has 4 rings (SSSR count). The van der Waals surface area contributed by atoms with E-state index in [9.17, 15) is 17.6 Å². The quantitative estimate of drug-likeness (QED) is 0.213. The Morgan fingerprint density at radius 3 is 2.24 bits per heavy atom. The molecule has 1 amide bonds. The predicted octanol–water partition coefficient (Wildman–Crippen LogP) is 4.90. The number of anilines is 1. The molecule has 0 unspecified atom stereocenters. The molecule has 0 saturated heterocycles. The number of benzene rings is 3. The Bertz CT molecular complexity index is 1680. The summed E-state index contributed by atoms with van der Waals surface area (Å²) in [5.41, 5.74) is 6.79. The van der Waals surface area contributed by atoms with Gasteiger partial charge in [-0.3, -0.25) is 9.10 Å². The number of carbonyl (C=O) groups excluding carboxylic acids is 1. The van der Waals surface area contributed by atoms with Crippen molar-refractivity contribution in [1.29, 1.82) is 0 Å². The van der Waals surface area contributed by atoms with Crippen LogP contribution in [0.4, 0.5) is 10.1 Å². The molecule has 0 spiro atoms. The van der Waals surface area contributed by atoms with Gasteiger partial charge in [-0.1, -0.05) is 17.7 Å². The van der Waals surface area contributed by atoms with E-state index in [1.165, 1.54) is 56.8 Å². The number of aromatic nitrogens is 1. The molecule has 1 heterocycles. The van der Waals surface area contributed by atoms with Crippen LogP contribution in [0.25, 0.3) is 5.69 Å². The van der Waals surface area contributed by atoms with E-state index in [1.807, 2.05) is 31.4 Å². The van der Waals surface area contributed by atoms with Crippen LogP contribution in [-0.2, 0) is 14.8 Å². The van der Waals surface area contributed by atoms with Crippen molar-refractivity contribution >= 4 is 27.8 Å². The standard InChI is InChI=1S/C30H31FN4O5S/c1-20-6-13-27(14-7-20)41(37,38)34(26-12-15-28(39-4)29(17-26)40-5)19-30(36)33-32-18-23-16-21(2)35(22(23)3)25-10-8-24(31)9-11-25/h6-18H,19H2,1-5H3,(H,33,36)/b32-18+. The average Bonchev–Trinajstić information content (AvgIpc) is 3.24. The lowest BCUT2D eigenvalue weighted by molar-refractivity contribution is -0.119. The number of ether oxygens (including phenoxy) is 2. The highest BCUT2D eigenvalue weighted by Crippen LogP contribution is 2.33. The summed E-state index contributed by atoms with van der Waals surface area (Å²) in [6.45, 7) is 5.10. The number of halogens is 1. The van der Waals surface area contributed by atoms with Gasteiger partial charge in [-0.25, -0.2) is 18.2 Å². The summed E-state index contributed by atoms with van der Waals surface area (Å²) >= 11 is 0. The van der Waals surface area contributed by atoms with Gasteiger partial charge in [0.15, 0.2) is 11.5 Å². The van der Waals surface area contributed by atoms with Crippen molar-refractivity contribution in [3.63, 3.8) is 0 Å². The van der Waals surface area contributed by atoms with Gasteiger partial charge in [-0.15, -0.1) is 0 Å². The first kappa shape index (κ1) is 29.3. The molecule has 0 saturated carbocycles. The zero-order valence-corrected chi connectivity index (χ0v) is 24.2. The van der Waals surface area contributed by atoms with E-state index in [1.54, 1.807) is 30.3 Å². The first-order valence-corrected chi connectivity index (χ1v) is 14.1. The molecule has 214 valence electrons. The number of amides is 1. The fourth-order valence-electron chi connectivity index (χ4n) is 4.38. The largest absolute Gasteiger partial charge is 0.493 e. The van der Waals surface area contributed by atoms with Crippen LogP contribution in [0.3, 0.4) is 0 Å². The Kier molecular flexibility index (Phi) is 8.77. The zero-order valence-electron chi connectivity index (χ0n) is 23.4. The van der Waals surface area contributed by atoms with Crippen LogP contribution in [0.1, 0.15) is 22.5 Å². The molecule has 0 aliphatic carbocycles. The minimum absolute atomic E-state index is 0.0300. The molecule has 11 heteroatoms. The summed E-state index contributed by atoms with van der Waals surface area (Å²) in [6, 6.07) is 19.0. The molecular formula is C30H31FN4O5S. The van der Waals surface area contributed by atoms with E-state index in [0.717, 1.165) is 32.5 Å². The number of aryl methyl sites for hydroxylation is 2. The van der Waals surface area contributed by atoms with Gasteiger partial charge in [0.05, 0.1) is 31.0 Å². The Labute approximate surface area is 238 Å². The molecule has 9 nitrogen and oxygen atoms in total. The molecule has 1 aromatic heterocycles. The fourth-order valence-corrected chi connectivity index (χ4v) is 5.79. The van der Waals surface area contributed by atoms with Crippen LogP contribution < -0.4 is 19.2 Å². The van der Waals surface area contributed by atoms with E-state index >= 15 is 0 Å². The SMILES string of the molecule is COc1ccc(N(CC(=O)N/N=C/c2cc(C)n(-c3ccc(F)cc3)c2C)S(=O)(=O)c2ccc(C)cc2)cc1OC. The number of hydrogen-bond acceptors (Lipinski definition) is 6. The highest BCUT2D eigenvalue weighted by atomic mass is 32.2. The third-order valence-corrected chi connectivity index (χ3v) is 8.29. The molecular weight excluding hydrogens is 547 g/mol. The van der Waals surface area contributed by atoms with Crippen molar-refractivity contribution in [2.75, 3.05) is 25.1 Å². The smallest absolute Gasteiger partial charge is 0.264 e. The van der Waals surface area contributed by atoms with Crippen molar-refractivity contribution in [1.82, 2.24) is 9.99 Å². The average molecular weight is 579 g/mol. The molecule has 4 aromatic rings. The summed E-state index contributed by atoms with van der Waals surface area (Å²) in [5, 5.41) is 4.07. The Morgan fingerprint density at radius 1 is 0.951 bits per heavy atom. The van der Waals surface area contributed by atoms with Gasteiger partial charge in [0.25, 0.3) is 15.9 Å². The number of rotatable bonds is 10. The molecule has 0 atom stereocenters. The third-order valence-electron chi connectivity index (χ3n) is 6.50. The lowest BCUT2D eigenvalue weighted by Crippen LogP contribution is -2.39. The first-order valence-electron chi connectivity index (χ1n) is 12.6. The maximum Gasteiger partial charge on any atom is 0.264 e. The number of hydrogen-bond donors (Lipinski definition) is 1. The van der Waals surface area contributed by atoms with E-state index < -0.39 is 22.5 Å². The normalized spacial score (nSPS) is 11.5. The minimum Gasteiger partial charge on any atom is -0.493 e. The Balaban J connectivity index is 1.59. The number of nitrogens with one attached hydrogen (secondary N) is 1. The van der Waals surface area contributed by atoms with Crippen LogP contribution in [0.15, 0.2) is 82.8 Å². The van der Waals surface area contributed by atoms with Crippen molar-refractivity contribution in [2.24, 2.45) is 5.10 Å². The maximum atomic E-state index is 13.7. The van der Waals surface area contributed by atoms with Crippen molar-refractivity contribution in [3.8, 4) is 17.2 Å². The highest BCUT2D eigenvalue weighted by Gasteiger charge is 2.28. The van der Waals surface area contributed by atoms with E-state index in [2.05, 4.69) is 10.5 Å². The summed E-state index contributed by atoms with van der Waals surface area (Å²) < 4.78 is 54.3. The van der Waals surface area contributed by atoms with Crippen LogP contribution in [0.5, 0.6) is 11.5 Å². The van der Waals surface area contributed by atoms with Crippen molar-refractivity contribution < 1.29 is 27.1 Å². The minimum atomic E-state index is -4.14. The molecule has 0 radical (unpaired) electrons. The molecule has 0 aliphatic heterocycles. The van der Waals surface area contributed by atoms with Crippen molar-refractivity contribution in [2.45, 2.75) is 25.7 Å². The van der Waals surface area contributed by atoms with Crippen LogP contribution >= 0.6 is 0 Å². The first-order chi connectivity index (χ1) is 19.5. The Morgan fingerprint density at radius 2 is 1.61 bits per heavy atom. The van der Waals surface area contributed by atoms with Gasteiger partial charge in [0.1, 0.15) is 12.4 Å². The second-order valence-corrected chi connectivity index (χ2v) is 11.2. The lowest BCUT2D eigenvalue weighted by atomic mass is 10.2. The van der Waals surface area contributed by atoms with Gasteiger partial charge in [0, 0.05) is 28.7 Å². The molecule has 0 aliphatic rings. The zero-order chi connectivity index (χ0) is 29.7. The predicted molar refractivity (Wildman–Crippen MR) is 156 cm³/mol. The van der Waals surface area contributed by atoms with Gasteiger partial charge < -0.3 is 14.0 Å². The van der Waals surface area contributed by atoms with Crippen LogP contribution in [-0.4, -0.2) is 45.9 Å². The van der Waals surface area contributed by atoms with Gasteiger partial charge in [0.2, 0.25) is 0 Å². The Hall–Kier alpha value is -4.64. The summed E-state index contributed by atoms with van der Waals surface area (Å²) in [5.74, 6) is -0.258. The number of hydrazone groups is 1. The highest BCUT2D eigenvalue weighted by molar-refractivity contribution is 7.92. The fraction of sp³-hybridized carbons (Fsp3) is 0.200. The summed E-state index contributed by atoms with van der Waals surface area (Å²) in [4.78, 5) is 13.0. The molecule has 3 aromatic carbocycles. The van der Waals surface area contributed by atoms with Crippen molar-refractivity contribution in [3.05, 3.63) is 101 Å². The molecule has 0 fully saturated rings. The van der Waals surface area contributed by atoms with Crippen LogP contribution in [0, 0.1) is 26.6 Å². The maximum absolute atomic E-state index is 13.7. The second-order valence-electron chi connectivity index (χ2n) is 9.30. The van der Waals surface area contributed by atoms with Crippen LogP contribution in [0.2, 0.25) is 0 Å². The van der Waals surface area contributed by atoms with E-state index in [0.29, 0.717) is 11.5 Å². The van der Waals surface area contributed by atoms with E-state index in [-0.39, 0.29) is 16.4 Å². The molecule has 1 N–H and O–H groups in total. The van der Waals surface area contributed by atoms with Gasteiger partial charge in [-0.2, -0.15) is 5.10 Å². The third kappa shape index (κ3) is 6.41. The second kappa shape index (κ2) is 12.3.